The van der Waals surface area contributed by atoms with Gasteiger partial charge in [0.05, 0.1) is 16.4 Å². The molecule has 3 aromatic rings. The third-order valence-electron chi connectivity index (χ3n) is 5.54. The van der Waals surface area contributed by atoms with Crippen LogP contribution in [0, 0.1) is 17.0 Å². The van der Waals surface area contributed by atoms with E-state index in [1.807, 2.05) is 36.1 Å². The standard InChI is InChI=1S/C21H22N4O5S/c1-15-21(18-7-2-3-8-19(18)22-15)20(26)14-23-9-11-24(12-10-23)31(29,30)17-6-4-5-16(13-17)25(27)28/h2-8,13,22H,9-12,14H2,1H3. The molecule has 0 amide bonds. The number of H-pyrrole nitrogens is 1. The zero-order chi connectivity index (χ0) is 22.2. The van der Waals surface area contributed by atoms with Crippen molar-refractivity contribution in [3.05, 3.63) is 69.9 Å². The summed E-state index contributed by atoms with van der Waals surface area (Å²) >= 11 is 0. The molecule has 1 aromatic heterocycles. The van der Waals surface area contributed by atoms with Crippen molar-refractivity contribution in [2.75, 3.05) is 32.7 Å². The van der Waals surface area contributed by atoms with Crippen molar-refractivity contribution < 1.29 is 18.1 Å². The van der Waals surface area contributed by atoms with Gasteiger partial charge in [-0.1, -0.05) is 24.3 Å². The van der Waals surface area contributed by atoms with E-state index in [4.69, 9.17) is 0 Å². The molecule has 0 spiro atoms. The van der Waals surface area contributed by atoms with Crippen molar-refractivity contribution in [3.8, 4) is 0 Å². The van der Waals surface area contributed by atoms with E-state index in [1.165, 1.54) is 22.5 Å². The van der Waals surface area contributed by atoms with Gasteiger partial charge in [0.15, 0.2) is 5.78 Å². The number of aromatic amines is 1. The molecule has 1 fully saturated rings. The second-order valence-corrected chi connectivity index (χ2v) is 9.47. The van der Waals surface area contributed by atoms with Crippen molar-refractivity contribution >= 4 is 32.4 Å². The van der Waals surface area contributed by atoms with E-state index in [9.17, 15) is 23.3 Å². The molecule has 31 heavy (non-hydrogen) atoms. The number of nitro benzene ring substituents is 1. The number of aromatic nitrogens is 1. The number of para-hydroxylation sites is 1. The molecule has 0 saturated carbocycles. The van der Waals surface area contributed by atoms with Crippen LogP contribution in [0.1, 0.15) is 16.1 Å². The normalized spacial score (nSPS) is 15.9. The van der Waals surface area contributed by atoms with Gasteiger partial charge in [-0.3, -0.25) is 19.8 Å². The molecule has 0 radical (unpaired) electrons. The van der Waals surface area contributed by atoms with Crippen LogP contribution < -0.4 is 0 Å². The maximum absolute atomic E-state index is 13.0. The number of non-ortho nitro benzene ring substituents is 1. The number of piperazine rings is 1. The monoisotopic (exact) mass is 442 g/mol. The predicted octanol–water partition coefficient (Wildman–Crippen LogP) is 2.57. The van der Waals surface area contributed by atoms with Gasteiger partial charge in [0.25, 0.3) is 5.69 Å². The highest BCUT2D eigenvalue weighted by Crippen LogP contribution is 2.24. The molecule has 0 aliphatic carbocycles. The van der Waals surface area contributed by atoms with Crippen LogP contribution in [-0.4, -0.2) is 66.0 Å². The lowest BCUT2D eigenvalue weighted by Gasteiger charge is -2.33. The van der Waals surface area contributed by atoms with Crippen LogP contribution in [0.4, 0.5) is 5.69 Å². The molecule has 0 atom stereocenters. The van der Waals surface area contributed by atoms with Gasteiger partial charge in [0.2, 0.25) is 10.0 Å². The van der Waals surface area contributed by atoms with Gasteiger partial charge in [-0.2, -0.15) is 4.31 Å². The molecule has 0 unspecified atom stereocenters. The first-order chi connectivity index (χ1) is 14.8. The first-order valence-corrected chi connectivity index (χ1v) is 11.3. The molecule has 1 saturated heterocycles. The predicted molar refractivity (Wildman–Crippen MR) is 116 cm³/mol. The Morgan fingerprint density at radius 3 is 2.52 bits per heavy atom. The number of benzene rings is 2. The van der Waals surface area contributed by atoms with Crippen LogP contribution in [-0.2, 0) is 10.0 Å². The summed E-state index contributed by atoms with van der Waals surface area (Å²) in [7, 11) is -3.84. The number of aryl methyl sites for hydroxylation is 1. The highest BCUT2D eigenvalue weighted by Gasteiger charge is 2.30. The second-order valence-electron chi connectivity index (χ2n) is 7.53. The lowest BCUT2D eigenvalue weighted by atomic mass is 10.1. The maximum atomic E-state index is 13.0. The van der Waals surface area contributed by atoms with Crippen LogP contribution in [0.25, 0.3) is 10.9 Å². The number of sulfonamides is 1. The Kier molecular flexibility index (Phi) is 5.61. The molecule has 9 nitrogen and oxygen atoms in total. The molecule has 1 N–H and O–H groups in total. The third kappa shape index (κ3) is 4.09. The molecular formula is C21H22N4O5S. The van der Waals surface area contributed by atoms with Gasteiger partial charge in [-0.15, -0.1) is 0 Å². The van der Waals surface area contributed by atoms with Crippen LogP contribution in [0.5, 0.6) is 0 Å². The Labute approximate surface area is 179 Å². The lowest BCUT2D eigenvalue weighted by Crippen LogP contribution is -2.49. The zero-order valence-electron chi connectivity index (χ0n) is 16.9. The van der Waals surface area contributed by atoms with E-state index in [0.717, 1.165) is 22.7 Å². The van der Waals surface area contributed by atoms with E-state index in [1.54, 1.807) is 0 Å². The van der Waals surface area contributed by atoms with Gasteiger partial charge in [-0.25, -0.2) is 8.42 Å². The average Bonchev–Trinajstić information content (AvgIpc) is 3.10. The van der Waals surface area contributed by atoms with Crippen LogP contribution in [0.3, 0.4) is 0 Å². The number of ketones is 1. The largest absolute Gasteiger partial charge is 0.358 e. The Morgan fingerprint density at radius 1 is 1.10 bits per heavy atom. The maximum Gasteiger partial charge on any atom is 0.270 e. The first-order valence-electron chi connectivity index (χ1n) is 9.85. The SMILES string of the molecule is Cc1[nH]c2ccccc2c1C(=O)CN1CCN(S(=O)(=O)c2cccc([N+](=O)[O-])c2)CC1. The quantitative estimate of drug-likeness (QED) is 0.356. The molecule has 10 heteroatoms. The average molecular weight is 442 g/mol. The molecular weight excluding hydrogens is 420 g/mol. The van der Waals surface area contributed by atoms with Crippen molar-refractivity contribution in [2.45, 2.75) is 11.8 Å². The smallest absolute Gasteiger partial charge is 0.270 e. The molecule has 4 rings (SSSR count). The summed E-state index contributed by atoms with van der Waals surface area (Å²) in [4.78, 5) is 28.4. The minimum atomic E-state index is -3.84. The molecule has 162 valence electrons. The summed E-state index contributed by atoms with van der Waals surface area (Å²) in [6, 6.07) is 12.7. The second kappa shape index (κ2) is 8.22. The van der Waals surface area contributed by atoms with Crippen molar-refractivity contribution in [1.82, 2.24) is 14.2 Å². The number of hydrogen-bond donors (Lipinski definition) is 1. The lowest BCUT2D eigenvalue weighted by molar-refractivity contribution is -0.385. The Hall–Kier alpha value is -3.08. The van der Waals surface area contributed by atoms with Gasteiger partial charge in [0.1, 0.15) is 0 Å². The summed E-state index contributed by atoms with van der Waals surface area (Å²) in [6.45, 7) is 3.31. The van der Waals surface area contributed by atoms with Gasteiger partial charge < -0.3 is 4.98 Å². The van der Waals surface area contributed by atoms with Crippen molar-refractivity contribution in [2.24, 2.45) is 0 Å². The Morgan fingerprint density at radius 2 is 1.81 bits per heavy atom. The fraction of sp³-hybridized carbons (Fsp3) is 0.286. The number of nitrogens with one attached hydrogen (secondary N) is 1. The highest BCUT2D eigenvalue weighted by molar-refractivity contribution is 7.89. The van der Waals surface area contributed by atoms with Crippen LogP contribution in [0.2, 0.25) is 0 Å². The van der Waals surface area contributed by atoms with E-state index >= 15 is 0 Å². The number of fused-ring (bicyclic) bond motifs is 1. The summed E-state index contributed by atoms with van der Waals surface area (Å²) in [5.74, 6) is -0.00931. The summed E-state index contributed by atoms with van der Waals surface area (Å²) in [5.41, 5.74) is 2.14. The summed E-state index contributed by atoms with van der Waals surface area (Å²) in [6.07, 6.45) is 0. The van der Waals surface area contributed by atoms with E-state index in [-0.39, 0.29) is 36.0 Å². The Balaban J connectivity index is 1.44. The molecule has 2 aromatic carbocycles. The number of hydrogen-bond acceptors (Lipinski definition) is 6. The van der Waals surface area contributed by atoms with Crippen LogP contribution in [0.15, 0.2) is 53.4 Å². The number of carbonyl (C=O) groups excluding carboxylic acids is 1. The zero-order valence-corrected chi connectivity index (χ0v) is 17.8. The van der Waals surface area contributed by atoms with Gasteiger partial charge >= 0.3 is 0 Å². The molecule has 0 bridgehead atoms. The number of carbonyl (C=O) groups is 1. The van der Waals surface area contributed by atoms with E-state index in [2.05, 4.69) is 4.98 Å². The fourth-order valence-corrected chi connectivity index (χ4v) is 5.42. The summed E-state index contributed by atoms with van der Waals surface area (Å²) in [5, 5.41) is 11.8. The topological polar surface area (TPSA) is 117 Å². The van der Waals surface area contributed by atoms with Crippen molar-refractivity contribution in [1.29, 1.82) is 0 Å². The van der Waals surface area contributed by atoms with E-state index < -0.39 is 14.9 Å². The Bertz CT molecular complexity index is 1260. The number of rotatable bonds is 6. The minimum Gasteiger partial charge on any atom is -0.358 e. The fourth-order valence-electron chi connectivity index (χ4n) is 3.95. The van der Waals surface area contributed by atoms with E-state index in [0.29, 0.717) is 18.7 Å². The third-order valence-corrected chi connectivity index (χ3v) is 7.43. The highest BCUT2D eigenvalue weighted by atomic mass is 32.2. The summed E-state index contributed by atoms with van der Waals surface area (Å²) < 4.78 is 27.1. The van der Waals surface area contributed by atoms with Gasteiger partial charge in [-0.05, 0) is 19.1 Å². The van der Waals surface area contributed by atoms with Gasteiger partial charge in [0, 0.05) is 60.5 Å². The molecule has 1 aliphatic rings. The molecule has 1 aliphatic heterocycles. The van der Waals surface area contributed by atoms with Crippen LogP contribution >= 0.6 is 0 Å². The molecule has 2 heterocycles. The van der Waals surface area contributed by atoms with Crippen molar-refractivity contribution in [3.63, 3.8) is 0 Å². The number of nitrogens with zero attached hydrogens (tertiary/aromatic N) is 3. The minimum absolute atomic E-state index is 0.00931. The number of Topliss-reactive ketones (excluding diaryl/α,β-unsaturated/α-hetero) is 1. The number of nitro groups is 1. The first kappa shape index (κ1) is 21.2.